The standard InChI is InChI=1S/C12H21N3O2/c13-12(17)10-2-1-7-15(10)11(16)4-3-9-5-6-14-8-9/h9-10,14H,1-8H2,(H2,13,17). The van der Waals surface area contributed by atoms with E-state index in [0.717, 1.165) is 38.8 Å². The number of rotatable bonds is 4. The lowest BCUT2D eigenvalue weighted by molar-refractivity contribution is -0.137. The minimum absolute atomic E-state index is 0.0956. The number of amides is 2. The molecule has 0 aliphatic carbocycles. The molecule has 2 aliphatic rings. The Morgan fingerprint density at radius 2 is 2.18 bits per heavy atom. The van der Waals surface area contributed by atoms with Gasteiger partial charge in [-0.3, -0.25) is 9.59 Å². The SMILES string of the molecule is NC(=O)C1CCCN1C(=O)CCC1CCNC1. The topological polar surface area (TPSA) is 75.4 Å². The molecule has 0 aromatic heterocycles. The number of nitrogens with zero attached hydrogens (tertiary/aromatic N) is 1. The lowest BCUT2D eigenvalue weighted by Crippen LogP contribution is -2.43. The molecule has 2 unspecified atom stereocenters. The van der Waals surface area contributed by atoms with Gasteiger partial charge in [0.2, 0.25) is 11.8 Å². The maximum absolute atomic E-state index is 12.0. The van der Waals surface area contributed by atoms with Crippen LogP contribution in [0.15, 0.2) is 0 Å². The number of likely N-dealkylation sites (tertiary alicyclic amines) is 1. The fourth-order valence-corrected chi connectivity index (χ4v) is 2.79. The Kier molecular flexibility index (Phi) is 3.99. The van der Waals surface area contributed by atoms with E-state index in [4.69, 9.17) is 5.73 Å². The lowest BCUT2D eigenvalue weighted by atomic mass is 10.0. The monoisotopic (exact) mass is 239 g/mol. The summed E-state index contributed by atoms with van der Waals surface area (Å²) in [5.74, 6) is 0.352. The Morgan fingerprint density at radius 3 is 2.82 bits per heavy atom. The smallest absolute Gasteiger partial charge is 0.240 e. The second-order valence-corrected chi connectivity index (χ2v) is 5.05. The van der Waals surface area contributed by atoms with Crippen LogP contribution in [0, 0.1) is 5.92 Å². The highest BCUT2D eigenvalue weighted by Gasteiger charge is 2.32. The van der Waals surface area contributed by atoms with Crippen molar-refractivity contribution in [1.82, 2.24) is 10.2 Å². The molecule has 17 heavy (non-hydrogen) atoms. The van der Waals surface area contributed by atoms with Crippen LogP contribution < -0.4 is 11.1 Å². The lowest BCUT2D eigenvalue weighted by Gasteiger charge is -2.22. The van der Waals surface area contributed by atoms with Gasteiger partial charge in [0.15, 0.2) is 0 Å². The van der Waals surface area contributed by atoms with Gasteiger partial charge in [-0.05, 0) is 44.7 Å². The normalized spacial score (nSPS) is 28.6. The van der Waals surface area contributed by atoms with Crippen molar-refractivity contribution in [3.63, 3.8) is 0 Å². The maximum atomic E-state index is 12.0. The molecule has 0 saturated carbocycles. The summed E-state index contributed by atoms with van der Waals surface area (Å²) in [6, 6.07) is -0.357. The highest BCUT2D eigenvalue weighted by molar-refractivity contribution is 5.87. The van der Waals surface area contributed by atoms with Crippen molar-refractivity contribution in [3.05, 3.63) is 0 Å². The Bertz CT molecular complexity index is 300. The molecular weight excluding hydrogens is 218 g/mol. The molecule has 2 rings (SSSR count). The maximum Gasteiger partial charge on any atom is 0.240 e. The van der Waals surface area contributed by atoms with Gasteiger partial charge in [0.25, 0.3) is 0 Å². The zero-order valence-electron chi connectivity index (χ0n) is 10.2. The highest BCUT2D eigenvalue weighted by atomic mass is 16.2. The third-order valence-electron chi connectivity index (χ3n) is 3.83. The van der Waals surface area contributed by atoms with Gasteiger partial charge in [0, 0.05) is 13.0 Å². The van der Waals surface area contributed by atoms with Gasteiger partial charge in [0.1, 0.15) is 6.04 Å². The summed E-state index contributed by atoms with van der Waals surface area (Å²) in [4.78, 5) is 24.9. The van der Waals surface area contributed by atoms with Gasteiger partial charge >= 0.3 is 0 Å². The molecule has 2 aliphatic heterocycles. The molecule has 0 aromatic carbocycles. The van der Waals surface area contributed by atoms with Crippen molar-refractivity contribution in [2.45, 2.75) is 38.1 Å². The van der Waals surface area contributed by atoms with Crippen LogP contribution >= 0.6 is 0 Å². The van der Waals surface area contributed by atoms with Crippen molar-refractivity contribution in [2.75, 3.05) is 19.6 Å². The zero-order valence-corrected chi connectivity index (χ0v) is 10.2. The van der Waals surface area contributed by atoms with E-state index in [2.05, 4.69) is 5.32 Å². The summed E-state index contributed by atoms with van der Waals surface area (Å²) < 4.78 is 0. The fourth-order valence-electron chi connectivity index (χ4n) is 2.79. The number of carbonyl (C=O) groups is 2. The van der Waals surface area contributed by atoms with E-state index in [1.807, 2.05) is 0 Å². The molecule has 3 N–H and O–H groups in total. The van der Waals surface area contributed by atoms with E-state index in [0.29, 0.717) is 18.9 Å². The summed E-state index contributed by atoms with van der Waals surface area (Å²) >= 11 is 0. The molecule has 2 amide bonds. The van der Waals surface area contributed by atoms with Crippen LogP contribution in [0.5, 0.6) is 0 Å². The highest BCUT2D eigenvalue weighted by Crippen LogP contribution is 2.20. The van der Waals surface area contributed by atoms with Crippen molar-refractivity contribution in [2.24, 2.45) is 11.7 Å². The Hall–Kier alpha value is -1.10. The molecule has 96 valence electrons. The van der Waals surface area contributed by atoms with E-state index in [1.165, 1.54) is 0 Å². The van der Waals surface area contributed by atoms with Gasteiger partial charge in [-0.2, -0.15) is 0 Å². The van der Waals surface area contributed by atoms with Gasteiger partial charge in [-0.15, -0.1) is 0 Å². The first-order chi connectivity index (χ1) is 8.18. The van der Waals surface area contributed by atoms with Crippen molar-refractivity contribution in [3.8, 4) is 0 Å². The van der Waals surface area contributed by atoms with Crippen molar-refractivity contribution < 1.29 is 9.59 Å². The van der Waals surface area contributed by atoms with Crippen LogP contribution in [0.1, 0.15) is 32.1 Å². The van der Waals surface area contributed by atoms with E-state index in [9.17, 15) is 9.59 Å². The fraction of sp³-hybridized carbons (Fsp3) is 0.833. The summed E-state index contributed by atoms with van der Waals surface area (Å²) in [5, 5.41) is 3.29. The predicted octanol–water partition coefficient (Wildman–Crippen LogP) is -0.148. The van der Waals surface area contributed by atoms with Crippen molar-refractivity contribution >= 4 is 11.8 Å². The molecule has 0 bridgehead atoms. The number of hydrogen-bond acceptors (Lipinski definition) is 3. The number of nitrogens with one attached hydrogen (secondary N) is 1. The first-order valence-corrected chi connectivity index (χ1v) is 6.48. The van der Waals surface area contributed by atoms with Gasteiger partial charge in [-0.1, -0.05) is 0 Å². The Labute approximate surface area is 102 Å². The minimum Gasteiger partial charge on any atom is -0.368 e. The number of hydrogen-bond donors (Lipinski definition) is 2. The molecule has 5 nitrogen and oxygen atoms in total. The number of primary amides is 1. The zero-order chi connectivity index (χ0) is 12.3. The van der Waals surface area contributed by atoms with Gasteiger partial charge in [0.05, 0.1) is 0 Å². The Balaban J connectivity index is 1.80. The molecule has 0 spiro atoms. The number of nitrogens with two attached hydrogens (primary N) is 1. The Morgan fingerprint density at radius 1 is 1.35 bits per heavy atom. The molecule has 2 fully saturated rings. The molecule has 2 heterocycles. The van der Waals surface area contributed by atoms with Crippen LogP contribution in [0.4, 0.5) is 0 Å². The van der Waals surface area contributed by atoms with Crippen LogP contribution in [0.2, 0.25) is 0 Å². The van der Waals surface area contributed by atoms with E-state index in [1.54, 1.807) is 4.90 Å². The molecule has 5 heteroatoms. The molecular formula is C12H21N3O2. The quantitative estimate of drug-likeness (QED) is 0.716. The summed E-state index contributed by atoms with van der Waals surface area (Å²) in [7, 11) is 0. The summed E-state index contributed by atoms with van der Waals surface area (Å²) in [6.45, 7) is 2.77. The van der Waals surface area contributed by atoms with Gasteiger partial charge < -0.3 is 16.0 Å². The number of carbonyl (C=O) groups excluding carboxylic acids is 2. The minimum atomic E-state index is -0.363. The first kappa shape index (κ1) is 12.4. The molecule has 2 saturated heterocycles. The van der Waals surface area contributed by atoms with E-state index >= 15 is 0 Å². The third kappa shape index (κ3) is 2.97. The summed E-state index contributed by atoms with van der Waals surface area (Å²) in [5.41, 5.74) is 5.30. The van der Waals surface area contributed by atoms with Crippen LogP contribution in [0.3, 0.4) is 0 Å². The second-order valence-electron chi connectivity index (χ2n) is 5.05. The predicted molar refractivity (Wildman–Crippen MR) is 64.1 cm³/mol. The second kappa shape index (κ2) is 5.49. The first-order valence-electron chi connectivity index (χ1n) is 6.48. The van der Waals surface area contributed by atoms with Crippen molar-refractivity contribution in [1.29, 1.82) is 0 Å². The van der Waals surface area contributed by atoms with Crippen LogP contribution in [0.25, 0.3) is 0 Å². The third-order valence-corrected chi connectivity index (χ3v) is 3.83. The van der Waals surface area contributed by atoms with E-state index < -0.39 is 0 Å². The molecule has 0 aromatic rings. The van der Waals surface area contributed by atoms with Crippen LogP contribution in [-0.4, -0.2) is 42.4 Å². The van der Waals surface area contributed by atoms with E-state index in [-0.39, 0.29) is 17.9 Å². The average molecular weight is 239 g/mol. The molecule has 2 atom stereocenters. The largest absolute Gasteiger partial charge is 0.368 e. The van der Waals surface area contributed by atoms with Crippen LogP contribution in [-0.2, 0) is 9.59 Å². The molecule has 0 radical (unpaired) electrons. The average Bonchev–Trinajstić information content (AvgIpc) is 2.96. The van der Waals surface area contributed by atoms with Gasteiger partial charge in [-0.25, -0.2) is 0 Å². The summed E-state index contributed by atoms with van der Waals surface area (Å²) in [6.07, 6.45) is 4.26.